The molecule has 0 aliphatic carbocycles. The van der Waals surface area contributed by atoms with E-state index in [0.717, 1.165) is 6.92 Å². The molecule has 0 bridgehead atoms. The summed E-state index contributed by atoms with van der Waals surface area (Å²) in [6.45, 7) is 9.52. The average molecular weight is 272 g/mol. The third-order valence-corrected chi connectivity index (χ3v) is 2.81. The van der Waals surface area contributed by atoms with Crippen molar-refractivity contribution in [2.24, 2.45) is 22.8 Å². The molecule has 0 aromatic rings. The van der Waals surface area contributed by atoms with Crippen LogP contribution in [0.3, 0.4) is 0 Å². The second-order valence-corrected chi connectivity index (χ2v) is 6.13. The Labute approximate surface area is 113 Å². The Kier molecular flexibility index (Phi) is 5.26. The first-order chi connectivity index (χ1) is 8.34. The summed E-state index contributed by atoms with van der Waals surface area (Å²) in [5.74, 6) is -2.95. The Morgan fingerprint density at radius 3 is 1.74 bits per heavy atom. The molecular weight excluding hydrogens is 248 g/mol. The van der Waals surface area contributed by atoms with Gasteiger partial charge in [0.25, 0.3) is 0 Å². The SMILES string of the molecule is CC(C)[C@H](N)C(=O)C(C)(C(N)=O)C(=O)OC(C)(C)C. The Bertz CT molecular complexity index is 385. The van der Waals surface area contributed by atoms with E-state index < -0.39 is 34.7 Å². The van der Waals surface area contributed by atoms with Crippen molar-refractivity contribution in [3.05, 3.63) is 0 Å². The summed E-state index contributed by atoms with van der Waals surface area (Å²) in [4.78, 5) is 35.9. The minimum atomic E-state index is -2.06. The minimum absolute atomic E-state index is 0.214. The molecule has 6 nitrogen and oxygen atoms in total. The molecule has 0 rings (SSSR count). The molecule has 6 heteroatoms. The van der Waals surface area contributed by atoms with Gasteiger partial charge in [-0.15, -0.1) is 0 Å². The predicted octanol–water partition coefficient (Wildman–Crippen LogP) is 0.372. The second kappa shape index (κ2) is 5.69. The van der Waals surface area contributed by atoms with E-state index in [-0.39, 0.29) is 5.92 Å². The number of esters is 1. The smallest absolute Gasteiger partial charge is 0.329 e. The number of primary amides is 1. The normalized spacial score (nSPS) is 16.6. The summed E-state index contributed by atoms with van der Waals surface area (Å²) in [6.07, 6.45) is 0. The van der Waals surface area contributed by atoms with Gasteiger partial charge in [-0.2, -0.15) is 0 Å². The van der Waals surface area contributed by atoms with Gasteiger partial charge in [-0.05, 0) is 33.6 Å². The first-order valence-corrected chi connectivity index (χ1v) is 6.17. The molecule has 4 N–H and O–H groups in total. The van der Waals surface area contributed by atoms with Gasteiger partial charge in [0.15, 0.2) is 5.78 Å². The summed E-state index contributed by atoms with van der Waals surface area (Å²) < 4.78 is 5.10. The van der Waals surface area contributed by atoms with Crippen LogP contribution in [0.1, 0.15) is 41.5 Å². The molecule has 0 saturated carbocycles. The third kappa shape index (κ3) is 4.02. The van der Waals surface area contributed by atoms with E-state index in [1.807, 2.05) is 0 Å². The van der Waals surface area contributed by atoms with E-state index in [9.17, 15) is 14.4 Å². The van der Waals surface area contributed by atoms with Crippen LogP contribution in [-0.4, -0.2) is 29.3 Å². The van der Waals surface area contributed by atoms with Gasteiger partial charge in [0.05, 0.1) is 6.04 Å². The molecule has 0 aromatic carbocycles. The quantitative estimate of drug-likeness (QED) is 0.554. The van der Waals surface area contributed by atoms with Crippen LogP contribution in [0.15, 0.2) is 0 Å². The highest BCUT2D eigenvalue weighted by Gasteiger charge is 2.51. The summed E-state index contributed by atoms with van der Waals surface area (Å²) in [5.41, 5.74) is 8.05. The highest BCUT2D eigenvalue weighted by Crippen LogP contribution is 2.25. The number of rotatable bonds is 5. The largest absolute Gasteiger partial charge is 0.459 e. The molecule has 1 unspecified atom stereocenters. The topological polar surface area (TPSA) is 112 Å². The lowest BCUT2D eigenvalue weighted by Gasteiger charge is -2.30. The number of Topliss-reactive ketones (excluding diaryl/α,β-unsaturated/α-hetero) is 1. The van der Waals surface area contributed by atoms with Crippen molar-refractivity contribution >= 4 is 17.7 Å². The summed E-state index contributed by atoms with van der Waals surface area (Å²) in [7, 11) is 0. The van der Waals surface area contributed by atoms with Crippen LogP contribution in [0.4, 0.5) is 0 Å². The Balaban J connectivity index is 5.45. The summed E-state index contributed by atoms with van der Waals surface area (Å²) >= 11 is 0. The maximum atomic E-state index is 12.2. The summed E-state index contributed by atoms with van der Waals surface area (Å²) in [5, 5.41) is 0. The van der Waals surface area contributed by atoms with Crippen molar-refractivity contribution in [2.75, 3.05) is 0 Å². The first kappa shape index (κ1) is 17.6. The number of carbonyl (C=O) groups is 3. The number of hydrogen-bond donors (Lipinski definition) is 2. The van der Waals surface area contributed by atoms with E-state index in [0.29, 0.717) is 0 Å². The molecule has 1 amide bonds. The van der Waals surface area contributed by atoms with Crippen molar-refractivity contribution < 1.29 is 19.1 Å². The van der Waals surface area contributed by atoms with E-state index in [1.54, 1.807) is 34.6 Å². The minimum Gasteiger partial charge on any atom is -0.459 e. The molecule has 0 aliphatic heterocycles. The zero-order chi connectivity index (χ0) is 15.6. The van der Waals surface area contributed by atoms with Crippen molar-refractivity contribution in [1.29, 1.82) is 0 Å². The van der Waals surface area contributed by atoms with Gasteiger partial charge in [0.2, 0.25) is 11.3 Å². The Morgan fingerprint density at radius 2 is 1.47 bits per heavy atom. The van der Waals surface area contributed by atoms with E-state index in [4.69, 9.17) is 16.2 Å². The monoisotopic (exact) mass is 272 g/mol. The Morgan fingerprint density at radius 1 is 1.05 bits per heavy atom. The lowest BCUT2D eigenvalue weighted by molar-refractivity contribution is -0.172. The fourth-order valence-electron chi connectivity index (χ4n) is 1.34. The number of amides is 1. The predicted molar refractivity (Wildman–Crippen MR) is 71.0 cm³/mol. The van der Waals surface area contributed by atoms with E-state index >= 15 is 0 Å². The highest BCUT2D eigenvalue weighted by molar-refractivity contribution is 6.22. The number of nitrogens with two attached hydrogens (primary N) is 2. The van der Waals surface area contributed by atoms with Gasteiger partial charge in [-0.3, -0.25) is 14.4 Å². The zero-order valence-corrected chi connectivity index (χ0v) is 12.4. The maximum Gasteiger partial charge on any atom is 0.329 e. The number of ketones is 1. The van der Waals surface area contributed by atoms with Crippen LogP contribution in [-0.2, 0) is 19.1 Å². The van der Waals surface area contributed by atoms with Crippen LogP contribution < -0.4 is 11.5 Å². The van der Waals surface area contributed by atoms with Crippen molar-refractivity contribution in [3.8, 4) is 0 Å². The molecule has 0 spiro atoms. The van der Waals surface area contributed by atoms with Crippen molar-refractivity contribution in [2.45, 2.75) is 53.2 Å². The fraction of sp³-hybridized carbons (Fsp3) is 0.769. The van der Waals surface area contributed by atoms with Crippen LogP contribution in [0.5, 0.6) is 0 Å². The number of carbonyl (C=O) groups excluding carboxylic acids is 3. The van der Waals surface area contributed by atoms with Crippen LogP contribution >= 0.6 is 0 Å². The fourth-order valence-corrected chi connectivity index (χ4v) is 1.34. The lowest BCUT2D eigenvalue weighted by Crippen LogP contribution is -2.56. The van der Waals surface area contributed by atoms with Crippen LogP contribution in [0.2, 0.25) is 0 Å². The molecule has 0 heterocycles. The van der Waals surface area contributed by atoms with Gasteiger partial charge in [0, 0.05) is 0 Å². The van der Waals surface area contributed by atoms with Gasteiger partial charge in [-0.1, -0.05) is 13.8 Å². The first-order valence-electron chi connectivity index (χ1n) is 6.17. The third-order valence-electron chi connectivity index (χ3n) is 2.81. The molecule has 0 aromatic heterocycles. The zero-order valence-electron chi connectivity index (χ0n) is 12.4. The Hall–Kier alpha value is -1.43. The molecule has 0 saturated heterocycles. The standard InChI is InChI=1S/C13H24N2O4/c1-7(2)8(14)9(16)13(6,10(15)17)11(18)19-12(3,4)5/h7-8H,14H2,1-6H3,(H2,15,17)/t8-,13?/m0/s1. The molecule has 0 radical (unpaired) electrons. The lowest BCUT2D eigenvalue weighted by atomic mass is 9.78. The molecule has 2 atom stereocenters. The summed E-state index contributed by atoms with van der Waals surface area (Å²) in [6, 6.07) is -0.954. The number of ether oxygens (including phenoxy) is 1. The molecule has 19 heavy (non-hydrogen) atoms. The van der Waals surface area contributed by atoms with E-state index in [1.165, 1.54) is 0 Å². The van der Waals surface area contributed by atoms with E-state index in [2.05, 4.69) is 0 Å². The van der Waals surface area contributed by atoms with Gasteiger partial charge >= 0.3 is 5.97 Å². The number of hydrogen-bond acceptors (Lipinski definition) is 5. The second-order valence-electron chi connectivity index (χ2n) is 6.13. The maximum absolute atomic E-state index is 12.2. The highest BCUT2D eigenvalue weighted by atomic mass is 16.6. The van der Waals surface area contributed by atoms with Crippen molar-refractivity contribution in [3.63, 3.8) is 0 Å². The van der Waals surface area contributed by atoms with Crippen LogP contribution in [0, 0.1) is 11.3 Å². The average Bonchev–Trinajstić information content (AvgIpc) is 2.22. The molecule has 0 aliphatic rings. The van der Waals surface area contributed by atoms with Crippen molar-refractivity contribution in [1.82, 2.24) is 0 Å². The molecule has 110 valence electrons. The molecule has 0 fully saturated rings. The van der Waals surface area contributed by atoms with Gasteiger partial charge in [0.1, 0.15) is 5.60 Å². The van der Waals surface area contributed by atoms with Gasteiger partial charge < -0.3 is 16.2 Å². The molecular formula is C13H24N2O4. The van der Waals surface area contributed by atoms with Gasteiger partial charge in [-0.25, -0.2) is 0 Å². The van der Waals surface area contributed by atoms with Crippen LogP contribution in [0.25, 0.3) is 0 Å².